The molecule has 5 aromatic rings. The molecule has 3 aromatic heterocycles. The van der Waals surface area contributed by atoms with Crippen LogP contribution >= 0.6 is 23.1 Å². The van der Waals surface area contributed by atoms with Gasteiger partial charge in [-0.25, -0.2) is 15.0 Å². The van der Waals surface area contributed by atoms with Crippen molar-refractivity contribution in [3.63, 3.8) is 0 Å². The summed E-state index contributed by atoms with van der Waals surface area (Å²) in [5, 5.41) is 2.24. The van der Waals surface area contributed by atoms with Crippen LogP contribution in [-0.4, -0.2) is 21.7 Å². The van der Waals surface area contributed by atoms with Crippen molar-refractivity contribution in [3.8, 4) is 22.8 Å². The Morgan fingerprint density at radius 1 is 0.939 bits per heavy atom. The summed E-state index contributed by atoms with van der Waals surface area (Å²) in [7, 11) is 0. The van der Waals surface area contributed by atoms with E-state index in [2.05, 4.69) is 47.4 Å². The minimum Gasteiger partial charge on any atom is -0.454 e. The number of rotatable bonds is 4. The minimum atomic E-state index is 0.294. The Bertz CT molecular complexity index is 1530. The summed E-state index contributed by atoms with van der Waals surface area (Å²) in [6, 6.07) is 16.7. The van der Waals surface area contributed by atoms with Gasteiger partial charge < -0.3 is 9.47 Å². The van der Waals surface area contributed by atoms with Crippen molar-refractivity contribution in [1.29, 1.82) is 0 Å². The summed E-state index contributed by atoms with van der Waals surface area (Å²) in [4.78, 5) is 15.6. The molecule has 0 saturated carbocycles. The molecule has 0 N–H and O–H groups in total. The molecule has 0 amide bonds. The maximum absolute atomic E-state index is 5.53. The maximum atomic E-state index is 5.53. The number of thiophene rings is 1. The molecule has 0 radical (unpaired) electrons. The van der Waals surface area contributed by atoms with Crippen LogP contribution in [0.2, 0.25) is 0 Å². The van der Waals surface area contributed by atoms with Crippen LogP contribution in [0.1, 0.15) is 23.1 Å². The van der Waals surface area contributed by atoms with Gasteiger partial charge in [-0.05, 0) is 48.1 Å². The Hall–Kier alpha value is -3.16. The fourth-order valence-corrected chi connectivity index (χ4v) is 6.98. The van der Waals surface area contributed by atoms with Crippen molar-refractivity contribution in [1.82, 2.24) is 15.0 Å². The average molecular weight is 470 g/mol. The number of hydrogen-bond acceptors (Lipinski definition) is 7. The van der Waals surface area contributed by atoms with Crippen LogP contribution in [0.4, 0.5) is 0 Å². The number of ether oxygens (including phenoxy) is 2. The highest BCUT2D eigenvalue weighted by Gasteiger charge is 2.25. The molecule has 0 atom stereocenters. The van der Waals surface area contributed by atoms with Gasteiger partial charge in [0.2, 0.25) is 6.79 Å². The van der Waals surface area contributed by atoms with E-state index in [0.717, 1.165) is 55.9 Å². The van der Waals surface area contributed by atoms with Crippen LogP contribution in [0.3, 0.4) is 0 Å². The SMILES string of the molecule is c1ccc(-c2nc3sc4c(SCc5ccc6c(c5)OCO6)ncnc4c3c3c2CCC3)cc1. The molecule has 0 spiro atoms. The average Bonchev–Trinajstić information content (AvgIpc) is 3.60. The summed E-state index contributed by atoms with van der Waals surface area (Å²) in [5.41, 5.74) is 7.37. The number of aromatic nitrogens is 3. The van der Waals surface area contributed by atoms with Gasteiger partial charge in [0.15, 0.2) is 11.5 Å². The molecule has 1 aliphatic carbocycles. The van der Waals surface area contributed by atoms with Gasteiger partial charge in [0.25, 0.3) is 0 Å². The highest BCUT2D eigenvalue weighted by Crippen LogP contribution is 2.44. The monoisotopic (exact) mass is 469 g/mol. The molecule has 1 aliphatic heterocycles. The number of fused-ring (bicyclic) bond motifs is 6. The number of aryl methyl sites for hydroxylation is 1. The fourth-order valence-electron chi connectivity index (χ4n) is 4.80. The van der Waals surface area contributed by atoms with Gasteiger partial charge >= 0.3 is 0 Å². The van der Waals surface area contributed by atoms with Crippen LogP contribution in [0.15, 0.2) is 59.9 Å². The van der Waals surface area contributed by atoms with E-state index in [1.165, 1.54) is 34.1 Å². The molecule has 33 heavy (non-hydrogen) atoms. The minimum absolute atomic E-state index is 0.294. The van der Waals surface area contributed by atoms with Gasteiger partial charge in [-0.2, -0.15) is 0 Å². The van der Waals surface area contributed by atoms with Gasteiger partial charge in [-0.1, -0.05) is 36.4 Å². The third-order valence-corrected chi connectivity index (χ3v) is 8.57. The highest BCUT2D eigenvalue weighted by molar-refractivity contribution is 7.98. The third-order valence-electron chi connectivity index (χ3n) is 6.30. The van der Waals surface area contributed by atoms with E-state index < -0.39 is 0 Å². The van der Waals surface area contributed by atoms with E-state index in [-0.39, 0.29) is 0 Å². The Morgan fingerprint density at radius 2 is 1.82 bits per heavy atom. The standard InChI is InChI=1S/C26H19N3O2S2/c1-2-5-16(6-3-1)22-18-8-4-7-17(18)21-23-24(33-25(21)29-22)26(28-13-27-23)32-12-15-9-10-19-20(11-15)31-14-30-19/h1-3,5-6,9-11,13H,4,7-8,12,14H2. The lowest BCUT2D eigenvalue weighted by Gasteiger charge is -2.09. The number of hydrogen-bond donors (Lipinski definition) is 0. The molecule has 0 unspecified atom stereocenters. The smallest absolute Gasteiger partial charge is 0.231 e. The van der Waals surface area contributed by atoms with Crippen LogP contribution in [-0.2, 0) is 18.6 Å². The number of nitrogens with zero attached hydrogens (tertiary/aromatic N) is 3. The Labute approximate surface area is 198 Å². The first-order valence-electron chi connectivity index (χ1n) is 11.0. The van der Waals surface area contributed by atoms with Crippen molar-refractivity contribution in [2.24, 2.45) is 0 Å². The van der Waals surface area contributed by atoms with Crippen molar-refractivity contribution >= 4 is 43.5 Å². The van der Waals surface area contributed by atoms with Crippen LogP contribution in [0, 0.1) is 0 Å². The topological polar surface area (TPSA) is 57.1 Å². The van der Waals surface area contributed by atoms with Gasteiger partial charge in [0.05, 0.1) is 15.9 Å². The van der Waals surface area contributed by atoms with Gasteiger partial charge in [-0.3, -0.25) is 0 Å². The van der Waals surface area contributed by atoms with Crippen molar-refractivity contribution in [3.05, 3.63) is 71.5 Å². The molecule has 2 aliphatic rings. The first-order chi connectivity index (χ1) is 16.3. The summed E-state index contributed by atoms with van der Waals surface area (Å²) in [5.74, 6) is 2.43. The zero-order valence-electron chi connectivity index (χ0n) is 17.7. The van der Waals surface area contributed by atoms with Crippen molar-refractivity contribution < 1.29 is 9.47 Å². The molecule has 0 saturated heterocycles. The predicted molar refractivity (Wildman–Crippen MR) is 132 cm³/mol. The van der Waals surface area contributed by atoms with Crippen molar-refractivity contribution in [2.45, 2.75) is 30.0 Å². The molecular weight excluding hydrogens is 450 g/mol. The first-order valence-corrected chi connectivity index (χ1v) is 12.8. The number of pyridine rings is 1. The second-order valence-corrected chi connectivity index (χ2v) is 10.2. The Balaban J connectivity index is 1.32. The number of thioether (sulfide) groups is 1. The van der Waals surface area contributed by atoms with E-state index in [9.17, 15) is 0 Å². The normalized spacial score (nSPS) is 14.3. The fraction of sp³-hybridized carbons (Fsp3) is 0.192. The molecule has 2 aromatic carbocycles. The molecule has 0 bridgehead atoms. The molecule has 7 rings (SSSR count). The van der Waals surface area contributed by atoms with Crippen LogP contribution < -0.4 is 9.47 Å². The molecule has 5 nitrogen and oxygen atoms in total. The second-order valence-electron chi connectivity index (χ2n) is 8.25. The summed E-state index contributed by atoms with van der Waals surface area (Å²) >= 11 is 3.45. The summed E-state index contributed by atoms with van der Waals surface area (Å²) < 4.78 is 12.1. The summed E-state index contributed by atoms with van der Waals surface area (Å²) in [6.07, 6.45) is 5.04. The van der Waals surface area contributed by atoms with Gasteiger partial charge in [0.1, 0.15) is 16.2 Å². The lowest BCUT2D eigenvalue weighted by molar-refractivity contribution is 0.174. The molecule has 0 fully saturated rings. The second kappa shape index (κ2) is 7.71. The Kier molecular flexibility index (Phi) is 4.52. The Morgan fingerprint density at radius 3 is 2.76 bits per heavy atom. The van der Waals surface area contributed by atoms with Crippen LogP contribution in [0.5, 0.6) is 11.5 Å². The van der Waals surface area contributed by atoms with Gasteiger partial charge in [-0.15, -0.1) is 23.1 Å². The van der Waals surface area contributed by atoms with Gasteiger partial charge in [0, 0.05) is 16.7 Å². The zero-order chi connectivity index (χ0) is 21.8. The third kappa shape index (κ3) is 3.18. The summed E-state index contributed by atoms with van der Waals surface area (Å²) in [6.45, 7) is 0.294. The van der Waals surface area contributed by atoms with E-state index in [4.69, 9.17) is 19.4 Å². The lowest BCUT2D eigenvalue weighted by atomic mass is 10.0. The molecular formula is C26H19N3O2S2. The first kappa shape index (κ1) is 19.3. The van der Waals surface area contributed by atoms with Crippen LogP contribution in [0.25, 0.3) is 31.7 Å². The van der Waals surface area contributed by atoms with Crippen molar-refractivity contribution in [2.75, 3.05) is 6.79 Å². The molecule has 7 heteroatoms. The largest absolute Gasteiger partial charge is 0.454 e. The molecule has 4 heterocycles. The maximum Gasteiger partial charge on any atom is 0.231 e. The highest BCUT2D eigenvalue weighted by atomic mass is 32.2. The zero-order valence-corrected chi connectivity index (χ0v) is 19.3. The quantitative estimate of drug-likeness (QED) is 0.224. The van der Waals surface area contributed by atoms with E-state index in [1.807, 2.05) is 6.07 Å². The van der Waals surface area contributed by atoms with E-state index >= 15 is 0 Å². The lowest BCUT2D eigenvalue weighted by Crippen LogP contribution is -1.94. The van der Waals surface area contributed by atoms with E-state index in [1.54, 1.807) is 29.4 Å². The predicted octanol–water partition coefficient (Wildman–Crippen LogP) is 6.42. The van der Waals surface area contributed by atoms with E-state index in [0.29, 0.717) is 6.79 Å². The number of benzene rings is 2. The molecule has 162 valence electrons.